The smallest absolute Gasteiger partial charge is 0.156 e. The average molecular weight is 593 g/mol. The first kappa shape index (κ1) is 33.0. The third-order valence-electron chi connectivity index (χ3n) is 8.40. The van der Waals surface area contributed by atoms with E-state index in [0.717, 1.165) is 73.0 Å². The van der Waals surface area contributed by atoms with E-state index in [1.54, 1.807) is 0 Å². The molecule has 4 aromatic rings. The molecule has 0 heterocycles. The van der Waals surface area contributed by atoms with Crippen molar-refractivity contribution in [2.75, 3.05) is 52.5 Å². The van der Waals surface area contributed by atoms with Gasteiger partial charge in [-0.2, -0.15) is 0 Å². The van der Waals surface area contributed by atoms with Crippen molar-refractivity contribution >= 4 is 5.78 Å². The Morgan fingerprint density at radius 1 is 0.500 bits per heavy atom. The molecule has 44 heavy (non-hydrogen) atoms. The second-order valence-corrected chi connectivity index (χ2v) is 11.0. The second-order valence-electron chi connectivity index (χ2n) is 11.0. The van der Waals surface area contributed by atoms with Crippen LogP contribution in [0.5, 0.6) is 11.5 Å². The minimum absolute atomic E-state index is 0.132. The number of ether oxygens (including phenoxy) is 2. The molecule has 2 unspecified atom stereocenters. The van der Waals surface area contributed by atoms with Crippen molar-refractivity contribution in [3.05, 3.63) is 131 Å². The van der Waals surface area contributed by atoms with Crippen molar-refractivity contribution in [3.8, 4) is 11.5 Å². The van der Waals surface area contributed by atoms with E-state index in [2.05, 4.69) is 37.5 Å². The average Bonchev–Trinajstić information content (AvgIpc) is 3.08. The molecule has 0 amide bonds. The minimum Gasteiger partial charge on any atom is -0.492 e. The third-order valence-corrected chi connectivity index (χ3v) is 8.40. The molecule has 0 saturated heterocycles. The van der Waals surface area contributed by atoms with Gasteiger partial charge in [-0.15, -0.1) is 0 Å². The molecule has 0 fully saturated rings. The van der Waals surface area contributed by atoms with E-state index >= 15 is 0 Å². The minimum atomic E-state index is -0.434. The predicted molar refractivity (Wildman–Crippen MR) is 181 cm³/mol. The summed E-state index contributed by atoms with van der Waals surface area (Å²) in [4.78, 5) is 19.4. The lowest BCUT2D eigenvalue weighted by molar-refractivity contribution is -0.120. The summed E-state index contributed by atoms with van der Waals surface area (Å²) in [5.41, 5.74) is 3.86. The van der Waals surface area contributed by atoms with Gasteiger partial charge in [0.1, 0.15) is 24.7 Å². The van der Waals surface area contributed by atoms with E-state index in [4.69, 9.17) is 9.47 Å². The van der Waals surface area contributed by atoms with Crippen molar-refractivity contribution in [2.24, 2.45) is 0 Å². The van der Waals surface area contributed by atoms with Gasteiger partial charge in [0.25, 0.3) is 0 Å². The standard InChI is InChI=1S/C39H48N2O3/c1-5-40(6-2)27-29-43-35-23-19-33(20-24-35)37(31-15-11-9-12-16-31)39(42)38(32-17-13-10-14-18-32)34-21-25-36(26-22-34)44-30-28-41(7-3)8-4/h9-26,37-38H,5-8,27-30H2,1-4H3. The van der Waals surface area contributed by atoms with Gasteiger partial charge in [0.2, 0.25) is 0 Å². The van der Waals surface area contributed by atoms with Crippen molar-refractivity contribution < 1.29 is 14.3 Å². The molecule has 0 aliphatic carbocycles. The van der Waals surface area contributed by atoms with Gasteiger partial charge in [0, 0.05) is 13.1 Å². The van der Waals surface area contributed by atoms with E-state index in [1.807, 2.05) is 109 Å². The Labute approximate surface area is 264 Å². The number of rotatable bonds is 18. The highest BCUT2D eigenvalue weighted by atomic mass is 16.5. The number of hydrogen-bond acceptors (Lipinski definition) is 5. The van der Waals surface area contributed by atoms with Gasteiger partial charge in [0.05, 0.1) is 11.8 Å². The number of carbonyl (C=O) groups excluding carboxylic acids is 1. The summed E-state index contributed by atoms with van der Waals surface area (Å²) in [6.07, 6.45) is 0. The van der Waals surface area contributed by atoms with Crippen LogP contribution in [-0.2, 0) is 4.79 Å². The lowest BCUT2D eigenvalue weighted by Crippen LogP contribution is -2.27. The van der Waals surface area contributed by atoms with Gasteiger partial charge in [0.15, 0.2) is 5.78 Å². The van der Waals surface area contributed by atoms with Gasteiger partial charge in [-0.3, -0.25) is 4.79 Å². The summed E-state index contributed by atoms with van der Waals surface area (Å²) in [6, 6.07) is 36.3. The van der Waals surface area contributed by atoms with E-state index in [-0.39, 0.29) is 5.78 Å². The predicted octanol–water partition coefficient (Wildman–Crippen LogP) is 7.66. The normalized spacial score (nSPS) is 12.7. The van der Waals surface area contributed by atoms with Crippen LogP contribution in [-0.4, -0.2) is 68.1 Å². The lowest BCUT2D eigenvalue weighted by atomic mass is 9.77. The Kier molecular flexibility index (Phi) is 13.0. The van der Waals surface area contributed by atoms with Crippen LogP contribution in [0.2, 0.25) is 0 Å². The van der Waals surface area contributed by atoms with Crippen LogP contribution in [0.3, 0.4) is 0 Å². The van der Waals surface area contributed by atoms with Crippen molar-refractivity contribution in [1.29, 1.82) is 0 Å². The molecule has 4 aromatic carbocycles. The van der Waals surface area contributed by atoms with Gasteiger partial charge in [-0.25, -0.2) is 0 Å². The Balaban J connectivity index is 1.60. The number of ketones is 1. The monoisotopic (exact) mass is 592 g/mol. The number of hydrogen-bond donors (Lipinski definition) is 0. The number of benzene rings is 4. The molecule has 0 N–H and O–H groups in total. The Hall–Kier alpha value is -3.93. The van der Waals surface area contributed by atoms with Crippen LogP contribution in [0, 0.1) is 0 Å². The summed E-state index contributed by atoms with van der Waals surface area (Å²) < 4.78 is 12.1. The molecule has 5 heteroatoms. The molecule has 0 radical (unpaired) electrons. The summed E-state index contributed by atoms with van der Waals surface area (Å²) in [6.45, 7) is 15.7. The van der Waals surface area contributed by atoms with Crippen LogP contribution in [0.25, 0.3) is 0 Å². The number of likely N-dealkylation sites (N-methyl/N-ethyl adjacent to an activating group) is 2. The van der Waals surface area contributed by atoms with Crippen molar-refractivity contribution in [3.63, 3.8) is 0 Å². The van der Waals surface area contributed by atoms with Crippen LogP contribution in [0.4, 0.5) is 0 Å². The fourth-order valence-corrected chi connectivity index (χ4v) is 5.68. The highest BCUT2D eigenvalue weighted by Crippen LogP contribution is 2.37. The summed E-state index contributed by atoms with van der Waals surface area (Å²) in [7, 11) is 0. The number of Topliss-reactive ketones (excluding diaryl/α,β-unsaturated/α-hetero) is 1. The summed E-state index contributed by atoms with van der Waals surface area (Å²) in [5, 5.41) is 0. The fraction of sp³-hybridized carbons (Fsp3) is 0.359. The summed E-state index contributed by atoms with van der Waals surface area (Å²) >= 11 is 0. The van der Waals surface area contributed by atoms with Gasteiger partial charge < -0.3 is 19.3 Å². The largest absolute Gasteiger partial charge is 0.492 e. The van der Waals surface area contributed by atoms with Crippen LogP contribution >= 0.6 is 0 Å². The zero-order valence-corrected chi connectivity index (χ0v) is 26.8. The molecule has 232 valence electrons. The molecule has 0 aromatic heterocycles. The lowest BCUT2D eigenvalue weighted by Gasteiger charge is -2.25. The van der Waals surface area contributed by atoms with Crippen molar-refractivity contribution in [2.45, 2.75) is 39.5 Å². The zero-order valence-electron chi connectivity index (χ0n) is 26.8. The molecular formula is C39H48N2O3. The highest BCUT2D eigenvalue weighted by Gasteiger charge is 2.32. The SMILES string of the molecule is CCN(CC)CCOc1ccc(C(C(=O)C(c2ccccc2)c2ccc(OCCN(CC)CC)cc2)c2ccccc2)cc1. The third kappa shape index (κ3) is 9.04. The molecule has 0 aliphatic rings. The van der Waals surface area contributed by atoms with E-state index in [0.29, 0.717) is 13.2 Å². The topological polar surface area (TPSA) is 42.0 Å². The van der Waals surface area contributed by atoms with E-state index < -0.39 is 11.8 Å². The van der Waals surface area contributed by atoms with Gasteiger partial charge in [-0.05, 0) is 72.7 Å². The van der Waals surface area contributed by atoms with E-state index in [9.17, 15) is 4.79 Å². The van der Waals surface area contributed by atoms with Gasteiger partial charge >= 0.3 is 0 Å². The maximum absolute atomic E-state index is 14.8. The Morgan fingerprint density at radius 2 is 0.818 bits per heavy atom. The van der Waals surface area contributed by atoms with Crippen molar-refractivity contribution in [1.82, 2.24) is 9.80 Å². The second kappa shape index (κ2) is 17.4. The highest BCUT2D eigenvalue weighted by molar-refractivity contribution is 5.97. The molecule has 0 aliphatic heterocycles. The summed E-state index contributed by atoms with van der Waals surface area (Å²) in [5.74, 6) is 0.896. The van der Waals surface area contributed by atoms with Gasteiger partial charge in [-0.1, -0.05) is 113 Å². The first-order valence-corrected chi connectivity index (χ1v) is 16.1. The first-order chi connectivity index (χ1) is 21.6. The van der Waals surface area contributed by atoms with Crippen LogP contribution in [0.15, 0.2) is 109 Å². The maximum Gasteiger partial charge on any atom is 0.156 e. The fourth-order valence-electron chi connectivity index (χ4n) is 5.68. The van der Waals surface area contributed by atoms with E-state index in [1.165, 1.54) is 0 Å². The molecule has 4 rings (SSSR count). The first-order valence-electron chi connectivity index (χ1n) is 16.1. The van der Waals surface area contributed by atoms with Crippen LogP contribution in [0.1, 0.15) is 61.8 Å². The molecule has 2 atom stereocenters. The maximum atomic E-state index is 14.8. The number of carbonyl (C=O) groups is 1. The molecule has 0 saturated carbocycles. The zero-order chi connectivity index (χ0) is 31.1. The van der Waals surface area contributed by atoms with Crippen LogP contribution < -0.4 is 9.47 Å². The Morgan fingerprint density at radius 3 is 1.14 bits per heavy atom. The number of nitrogens with zero attached hydrogens (tertiary/aromatic N) is 2. The molecule has 0 spiro atoms. The molecular weight excluding hydrogens is 544 g/mol. The Bertz CT molecular complexity index is 1260. The molecule has 0 bridgehead atoms. The quantitative estimate of drug-likeness (QED) is 0.119. The molecule has 5 nitrogen and oxygen atoms in total.